The molecule has 0 bridgehead atoms. The van der Waals surface area contributed by atoms with E-state index in [2.05, 4.69) is 77.3 Å². The standard InChI is InChI=1S/C34H44O/c1-7-27-19-31(25(6)32-20-28-11-9-12-29(28)21-33(27)32)24(5)18-30(22(2)3)34(35)13-8-10-26-16-14-23(4)15-17-26/h14-17,20-22,27,30-31H,5-13,18-19H2,1-4H3. The Balaban J connectivity index is 1.43. The van der Waals surface area contributed by atoms with E-state index < -0.39 is 0 Å². The van der Waals surface area contributed by atoms with Crippen LogP contribution in [0.15, 0.2) is 55.1 Å². The monoisotopic (exact) mass is 468 g/mol. The van der Waals surface area contributed by atoms with E-state index in [1.807, 2.05) is 0 Å². The maximum Gasteiger partial charge on any atom is 0.136 e. The molecular weight excluding hydrogens is 424 g/mol. The molecule has 0 saturated heterocycles. The molecule has 3 unspecified atom stereocenters. The van der Waals surface area contributed by atoms with E-state index in [1.54, 1.807) is 5.56 Å². The molecule has 0 amide bonds. The summed E-state index contributed by atoms with van der Waals surface area (Å²) in [5.41, 5.74) is 11.0. The second-order valence-corrected chi connectivity index (χ2v) is 11.5. The van der Waals surface area contributed by atoms with Gasteiger partial charge in [-0.05, 0) is 104 Å². The zero-order chi connectivity index (χ0) is 25.1. The molecule has 0 aliphatic heterocycles. The highest BCUT2D eigenvalue weighted by Crippen LogP contribution is 2.48. The maximum atomic E-state index is 13.3. The largest absolute Gasteiger partial charge is 0.299 e. The summed E-state index contributed by atoms with van der Waals surface area (Å²) >= 11 is 0. The van der Waals surface area contributed by atoms with Crippen molar-refractivity contribution in [2.24, 2.45) is 17.8 Å². The van der Waals surface area contributed by atoms with Crippen molar-refractivity contribution in [1.29, 1.82) is 0 Å². The third kappa shape index (κ3) is 5.71. The lowest BCUT2D eigenvalue weighted by Crippen LogP contribution is -2.25. The lowest BCUT2D eigenvalue weighted by atomic mass is 9.68. The Labute approximate surface area is 213 Å². The molecule has 1 heteroatoms. The molecule has 186 valence electrons. The summed E-state index contributed by atoms with van der Waals surface area (Å²) in [6.45, 7) is 18.0. The van der Waals surface area contributed by atoms with Crippen molar-refractivity contribution in [1.82, 2.24) is 0 Å². The van der Waals surface area contributed by atoms with Crippen molar-refractivity contribution in [3.05, 3.63) is 88.5 Å². The number of hydrogen-bond acceptors (Lipinski definition) is 1. The fourth-order valence-electron chi connectivity index (χ4n) is 6.35. The lowest BCUT2D eigenvalue weighted by molar-refractivity contribution is -0.124. The molecule has 0 N–H and O–H groups in total. The zero-order valence-electron chi connectivity index (χ0n) is 22.5. The van der Waals surface area contributed by atoms with E-state index in [-0.39, 0.29) is 11.8 Å². The predicted octanol–water partition coefficient (Wildman–Crippen LogP) is 8.82. The van der Waals surface area contributed by atoms with E-state index in [9.17, 15) is 4.79 Å². The first kappa shape index (κ1) is 25.7. The third-order valence-corrected chi connectivity index (χ3v) is 8.69. The number of hydrogen-bond donors (Lipinski definition) is 0. The number of benzene rings is 2. The van der Waals surface area contributed by atoms with Crippen LogP contribution in [-0.2, 0) is 24.1 Å². The summed E-state index contributed by atoms with van der Waals surface area (Å²) in [5.74, 6) is 1.63. The van der Waals surface area contributed by atoms with E-state index in [4.69, 9.17) is 0 Å². The molecule has 0 saturated carbocycles. The first-order valence-electron chi connectivity index (χ1n) is 13.9. The van der Waals surface area contributed by atoms with Gasteiger partial charge < -0.3 is 0 Å². The molecule has 4 rings (SSSR count). The molecule has 0 radical (unpaired) electrons. The van der Waals surface area contributed by atoms with Gasteiger partial charge in [0.25, 0.3) is 0 Å². The average Bonchev–Trinajstić information content (AvgIpc) is 3.30. The summed E-state index contributed by atoms with van der Waals surface area (Å²) in [4.78, 5) is 13.3. The highest BCUT2D eigenvalue weighted by Gasteiger charge is 2.33. The topological polar surface area (TPSA) is 17.1 Å². The molecule has 2 aliphatic rings. The van der Waals surface area contributed by atoms with Gasteiger partial charge in [0, 0.05) is 18.3 Å². The van der Waals surface area contributed by atoms with Gasteiger partial charge in [0.15, 0.2) is 0 Å². The van der Waals surface area contributed by atoms with Gasteiger partial charge in [-0.1, -0.05) is 81.5 Å². The van der Waals surface area contributed by atoms with E-state index >= 15 is 0 Å². The second-order valence-electron chi connectivity index (χ2n) is 11.5. The molecule has 0 fully saturated rings. The van der Waals surface area contributed by atoms with E-state index in [1.165, 1.54) is 58.2 Å². The van der Waals surface area contributed by atoms with Crippen LogP contribution in [0.5, 0.6) is 0 Å². The minimum Gasteiger partial charge on any atom is -0.299 e. The number of allylic oxidation sites excluding steroid dienone is 2. The second kappa shape index (κ2) is 11.1. The summed E-state index contributed by atoms with van der Waals surface area (Å²) in [7, 11) is 0. The Morgan fingerprint density at radius 3 is 2.43 bits per heavy atom. The van der Waals surface area contributed by atoms with Crippen LogP contribution in [-0.4, -0.2) is 5.78 Å². The number of carbonyl (C=O) groups excluding carboxylic acids is 1. The fraction of sp³-hybridized carbons (Fsp3) is 0.500. The molecule has 0 heterocycles. The smallest absolute Gasteiger partial charge is 0.136 e. The Morgan fingerprint density at radius 1 is 1.09 bits per heavy atom. The van der Waals surface area contributed by atoms with Crippen LogP contribution in [0.3, 0.4) is 0 Å². The highest BCUT2D eigenvalue weighted by molar-refractivity contribution is 5.82. The van der Waals surface area contributed by atoms with Crippen molar-refractivity contribution < 1.29 is 4.79 Å². The maximum absolute atomic E-state index is 13.3. The van der Waals surface area contributed by atoms with Crippen LogP contribution < -0.4 is 0 Å². The van der Waals surface area contributed by atoms with Gasteiger partial charge in [-0.2, -0.15) is 0 Å². The minimum atomic E-state index is 0.0508. The molecule has 3 atom stereocenters. The Kier molecular flexibility index (Phi) is 8.15. The van der Waals surface area contributed by atoms with Crippen LogP contribution in [0.2, 0.25) is 0 Å². The number of Topliss-reactive ketones (excluding diaryl/α,β-unsaturated/α-hetero) is 1. The van der Waals surface area contributed by atoms with Gasteiger partial charge in [-0.25, -0.2) is 0 Å². The summed E-state index contributed by atoms with van der Waals surface area (Å²) in [5, 5.41) is 0. The number of carbonyl (C=O) groups is 1. The zero-order valence-corrected chi connectivity index (χ0v) is 22.5. The molecule has 1 nitrogen and oxygen atoms in total. The van der Waals surface area contributed by atoms with Gasteiger partial charge in [0.1, 0.15) is 5.78 Å². The average molecular weight is 469 g/mol. The molecule has 2 aromatic carbocycles. The Bertz CT molecular complexity index is 1080. The van der Waals surface area contributed by atoms with E-state index in [0.717, 1.165) is 32.1 Å². The quantitative estimate of drug-likeness (QED) is 0.318. The predicted molar refractivity (Wildman–Crippen MR) is 150 cm³/mol. The number of ketones is 1. The Hall–Kier alpha value is -2.41. The normalized spacial score (nSPS) is 20.0. The van der Waals surface area contributed by atoms with Gasteiger partial charge in [-0.15, -0.1) is 0 Å². The van der Waals surface area contributed by atoms with Crippen LogP contribution >= 0.6 is 0 Å². The van der Waals surface area contributed by atoms with Gasteiger partial charge in [-0.3, -0.25) is 4.79 Å². The van der Waals surface area contributed by atoms with Crippen LogP contribution in [0, 0.1) is 24.7 Å². The Morgan fingerprint density at radius 2 is 1.77 bits per heavy atom. The molecule has 0 spiro atoms. The molecule has 2 aliphatic carbocycles. The number of aryl methyl sites for hydroxylation is 4. The number of rotatable bonds is 10. The third-order valence-electron chi connectivity index (χ3n) is 8.69. The summed E-state index contributed by atoms with van der Waals surface area (Å²) < 4.78 is 0. The van der Waals surface area contributed by atoms with Crippen LogP contribution in [0.25, 0.3) is 5.57 Å². The van der Waals surface area contributed by atoms with Crippen LogP contribution in [0.4, 0.5) is 0 Å². The van der Waals surface area contributed by atoms with Crippen molar-refractivity contribution >= 4 is 11.4 Å². The summed E-state index contributed by atoms with van der Waals surface area (Å²) in [6, 6.07) is 13.6. The van der Waals surface area contributed by atoms with Gasteiger partial charge in [0.2, 0.25) is 0 Å². The van der Waals surface area contributed by atoms with Crippen molar-refractivity contribution in [2.75, 3.05) is 0 Å². The first-order chi connectivity index (χ1) is 16.8. The minimum absolute atomic E-state index is 0.0508. The van der Waals surface area contributed by atoms with Gasteiger partial charge >= 0.3 is 0 Å². The first-order valence-corrected chi connectivity index (χ1v) is 13.9. The SMILES string of the molecule is C=C(CC(C(=O)CCCc1ccc(C)cc1)C(C)C)C1CC(CC)c2cc3c(cc2C1=C)CCC3. The fourth-order valence-corrected chi connectivity index (χ4v) is 6.35. The molecule has 2 aromatic rings. The lowest BCUT2D eigenvalue weighted by Gasteiger charge is -2.36. The molecule has 35 heavy (non-hydrogen) atoms. The summed E-state index contributed by atoms with van der Waals surface area (Å²) in [6.07, 6.45) is 9.28. The van der Waals surface area contributed by atoms with Crippen molar-refractivity contribution in [3.63, 3.8) is 0 Å². The van der Waals surface area contributed by atoms with E-state index in [0.29, 0.717) is 24.0 Å². The van der Waals surface area contributed by atoms with Crippen LogP contribution in [0.1, 0.15) is 98.6 Å². The molecule has 0 aromatic heterocycles. The van der Waals surface area contributed by atoms with Crippen molar-refractivity contribution in [3.8, 4) is 0 Å². The molecular formula is C34H44O. The number of fused-ring (bicyclic) bond motifs is 2. The van der Waals surface area contributed by atoms with Crippen molar-refractivity contribution in [2.45, 2.75) is 91.4 Å². The van der Waals surface area contributed by atoms with Gasteiger partial charge in [0.05, 0.1) is 0 Å². The highest BCUT2D eigenvalue weighted by atomic mass is 16.1.